The van der Waals surface area contributed by atoms with Crippen LogP contribution in [0.15, 0.2) is 34.2 Å². The Balaban J connectivity index is 2.57. The zero-order valence-corrected chi connectivity index (χ0v) is 18.1. The number of nitrogens with zero attached hydrogens (tertiary/aromatic N) is 1. The first-order valence-corrected chi connectivity index (χ1v) is 10.7. The highest BCUT2D eigenvalue weighted by Crippen LogP contribution is 2.21. The van der Waals surface area contributed by atoms with Gasteiger partial charge in [-0.1, -0.05) is 38.5 Å². The quantitative estimate of drug-likeness (QED) is 0.336. The number of benzene rings is 1. The SMILES string of the molecule is CCNC(=NCC(OC)C(C)(C)C)NCCNS(=O)(=O)c1ccc(C)cc1. The highest BCUT2D eigenvalue weighted by atomic mass is 32.2. The van der Waals surface area contributed by atoms with Crippen molar-refractivity contribution in [3.05, 3.63) is 29.8 Å². The molecule has 1 atom stereocenters. The lowest BCUT2D eigenvalue weighted by Crippen LogP contribution is -2.42. The Hall–Kier alpha value is -1.64. The average molecular weight is 399 g/mol. The molecule has 0 amide bonds. The fourth-order valence-corrected chi connectivity index (χ4v) is 3.42. The molecule has 0 aromatic heterocycles. The molecule has 3 N–H and O–H groups in total. The summed E-state index contributed by atoms with van der Waals surface area (Å²) in [5.74, 6) is 0.637. The molecular weight excluding hydrogens is 364 g/mol. The topological polar surface area (TPSA) is 91.8 Å². The lowest BCUT2D eigenvalue weighted by Gasteiger charge is -2.28. The van der Waals surface area contributed by atoms with E-state index in [1.165, 1.54) is 0 Å². The highest BCUT2D eigenvalue weighted by molar-refractivity contribution is 7.89. The van der Waals surface area contributed by atoms with Gasteiger partial charge in [0.05, 0.1) is 17.5 Å². The summed E-state index contributed by atoms with van der Waals surface area (Å²) in [6.45, 7) is 12.1. The maximum atomic E-state index is 12.3. The van der Waals surface area contributed by atoms with Crippen molar-refractivity contribution in [1.82, 2.24) is 15.4 Å². The molecule has 1 unspecified atom stereocenters. The molecule has 0 spiro atoms. The first kappa shape index (κ1) is 23.4. The third kappa shape index (κ3) is 8.28. The van der Waals surface area contributed by atoms with Crippen molar-refractivity contribution in [2.24, 2.45) is 10.4 Å². The summed E-state index contributed by atoms with van der Waals surface area (Å²) in [5.41, 5.74) is 1.01. The molecule has 0 aliphatic carbocycles. The molecule has 0 aliphatic heterocycles. The molecule has 1 aromatic rings. The van der Waals surface area contributed by atoms with Gasteiger partial charge in [0.1, 0.15) is 0 Å². The molecular formula is C19H34N4O3S. The molecule has 0 fully saturated rings. The smallest absolute Gasteiger partial charge is 0.240 e. The number of methoxy groups -OCH3 is 1. The second kappa shape index (κ2) is 10.6. The van der Waals surface area contributed by atoms with Crippen LogP contribution in [-0.2, 0) is 14.8 Å². The van der Waals surface area contributed by atoms with Crippen LogP contribution in [0.4, 0.5) is 0 Å². The standard InChI is InChI=1S/C19H34N4O3S/c1-7-20-18(22-14-17(26-6)19(3,4)5)21-12-13-23-27(24,25)16-10-8-15(2)9-11-16/h8-11,17,23H,7,12-14H2,1-6H3,(H2,20,21,22). The van der Waals surface area contributed by atoms with E-state index in [2.05, 4.69) is 41.1 Å². The van der Waals surface area contributed by atoms with Crippen molar-refractivity contribution in [1.29, 1.82) is 0 Å². The molecule has 0 bridgehead atoms. The van der Waals surface area contributed by atoms with E-state index in [1.807, 2.05) is 13.8 Å². The number of guanidine groups is 1. The minimum absolute atomic E-state index is 0.00648. The van der Waals surface area contributed by atoms with E-state index < -0.39 is 10.0 Å². The first-order chi connectivity index (χ1) is 12.6. The van der Waals surface area contributed by atoms with Crippen molar-refractivity contribution >= 4 is 16.0 Å². The van der Waals surface area contributed by atoms with Crippen molar-refractivity contribution in [2.75, 3.05) is 33.3 Å². The lowest BCUT2D eigenvalue weighted by molar-refractivity contribution is 0.0241. The predicted molar refractivity (Wildman–Crippen MR) is 111 cm³/mol. The van der Waals surface area contributed by atoms with Crippen LogP contribution in [0.2, 0.25) is 0 Å². The fourth-order valence-electron chi connectivity index (χ4n) is 2.38. The summed E-state index contributed by atoms with van der Waals surface area (Å²) >= 11 is 0. The van der Waals surface area contributed by atoms with Gasteiger partial charge in [0.15, 0.2) is 5.96 Å². The van der Waals surface area contributed by atoms with Crippen LogP contribution in [0.3, 0.4) is 0 Å². The molecule has 7 nitrogen and oxygen atoms in total. The van der Waals surface area contributed by atoms with Crippen molar-refractivity contribution in [2.45, 2.75) is 45.6 Å². The third-order valence-electron chi connectivity index (χ3n) is 4.05. The number of ether oxygens (including phenoxy) is 1. The Morgan fingerprint density at radius 2 is 1.78 bits per heavy atom. The monoisotopic (exact) mass is 398 g/mol. The summed E-state index contributed by atoms with van der Waals surface area (Å²) in [7, 11) is -1.82. The van der Waals surface area contributed by atoms with Gasteiger partial charge in [-0.25, -0.2) is 13.1 Å². The molecule has 1 aromatic carbocycles. The van der Waals surface area contributed by atoms with Crippen molar-refractivity contribution in [3.63, 3.8) is 0 Å². The van der Waals surface area contributed by atoms with E-state index in [1.54, 1.807) is 31.4 Å². The predicted octanol–water partition coefficient (Wildman–Crippen LogP) is 1.89. The van der Waals surface area contributed by atoms with Gasteiger partial charge in [0.25, 0.3) is 0 Å². The Kier molecular flexibility index (Phi) is 9.21. The minimum Gasteiger partial charge on any atom is -0.379 e. The van der Waals surface area contributed by atoms with E-state index >= 15 is 0 Å². The maximum absolute atomic E-state index is 12.3. The van der Waals surface area contributed by atoms with Crippen LogP contribution < -0.4 is 15.4 Å². The van der Waals surface area contributed by atoms with Gasteiger partial charge >= 0.3 is 0 Å². The van der Waals surface area contributed by atoms with Gasteiger partial charge in [0.2, 0.25) is 10.0 Å². The lowest BCUT2D eigenvalue weighted by atomic mass is 9.89. The number of aryl methyl sites for hydroxylation is 1. The number of nitrogens with one attached hydrogen (secondary N) is 3. The Morgan fingerprint density at radius 3 is 2.30 bits per heavy atom. The van der Waals surface area contributed by atoms with E-state index in [9.17, 15) is 8.42 Å². The molecule has 0 saturated carbocycles. The molecule has 0 heterocycles. The maximum Gasteiger partial charge on any atom is 0.240 e. The van der Waals surface area contributed by atoms with Gasteiger partial charge < -0.3 is 15.4 Å². The normalized spacial score (nSPS) is 14.1. The molecule has 8 heteroatoms. The fraction of sp³-hybridized carbons (Fsp3) is 0.632. The van der Waals surface area contributed by atoms with Crippen LogP contribution in [0, 0.1) is 12.3 Å². The number of rotatable bonds is 9. The molecule has 1 rings (SSSR count). The van der Waals surface area contributed by atoms with Crippen molar-refractivity contribution in [3.8, 4) is 0 Å². The largest absolute Gasteiger partial charge is 0.379 e. The first-order valence-electron chi connectivity index (χ1n) is 9.21. The van der Waals surface area contributed by atoms with Gasteiger partial charge in [-0.05, 0) is 31.4 Å². The zero-order valence-electron chi connectivity index (χ0n) is 17.3. The highest BCUT2D eigenvalue weighted by Gasteiger charge is 2.24. The van der Waals surface area contributed by atoms with E-state index in [4.69, 9.17) is 4.74 Å². The molecule has 0 radical (unpaired) electrons. The average Bonchev–Trinajstić information content (AvgIpc) is 2.58. The van der Waals surface area contributed by atoms with Crippen molar-refractivity contribution < 1.29 is 13.2 Å². The van der Waals surface area contributed by atoms with Gasteiger partial charge in [-0.3, -0.25) is 4.99 Å². The van der Waals surface area contributed by atoms with Gasteiger partial charge in [0, 0.05) is 26.7 Å². The molecule has 0 saturated heterocycles. The van der Waals surface area contributed by atoms with Crippen LogP contribution in [0.25, 0.3) is 0 Å². The third-order valence-corrected chi connectivity index (χ3v) is 5.53. The van der Waals surface area contributed by atoms with Gasteiger partial charge in [-0.2, -0.15) is 0 Å². The van der Waals surface area contributed by atoms with Gasteiger partial charge in [-0.15, -0.1) is 0 Å². The van der Waals surface area contributed by atoms with Crippen LogP contribution >= 0.6 is 0 Å². The molecule has 154 valence electrons. The summed E-state index contributed by atoms with van der Waals surface area (Å²) in [4.78, 5) is 4.81. The summed E-state index contributed by atoms with van der Waals surface area (Å²) < 4.78 is 32.7. The molecule has 27 heavy (non-hydrogen) atoms. The van der Waals surface area contributed by atoms with Crippen LogP contribution in [0.1, 0.15) is 33.3 Å². The Labute approximate surface area is 164 Å². The molecule has 0 aliphatic rings. The van der Waals surface area contributed by atoms with Crippen LogP contribution in [0.5, 0.6) is 0 Å². The summed E-state index contributed by atoms with van der Waals surface area (Å²) in [6.07, 6.45) is -0.00648. The van der Waals surface area contributed by atoms with E-state index in [-0.39, 0.29) is 23.0 Å². The summed E-state index contributed by atoms with van der Waals surface area (Å²) in [5, 5.41) is 6.30. The van der Waals surface area contributed by atoms with Crippen LogP contribution in [-0.4, -0.2) is 53.8 Å². The second-order valence-corrected chi connectivity index (χ2v) is 9.21. The van der Waals surface area contributed by atoms with E-state index in [0.717, 1.165) is 5.56 Å². The number of aliphatic imine (C=N–C) groups is 1. The number of sulfonamides is 1. The second-order valence-electron chi connectivity index (χ2n) is 7.45. The number of hydrogen-bond acceptors (Lipinski definition) is 4. The van der Waals surface area contributed by atoms with E-state index in [0.29, 0.717) is 25.6 Å². The Morgan fingerprint density at radius 1 is 1.15 bits per heavy atom. The Bertz CT molecular complexity index is 695. The number of hydrogen-bond donors (Lipinski definition) is 3. The summed E-state index contributed by atoms with van der Waals surface area (Å²) in [6, 6.07) is 6.77. The minimum atomic E-state index is -3.51. The zero-order chi connectivity index (χ0) is 20.5.